The van der Waals surface area contributed by atoms with Crippen LogP contribution in [0.5, 0.6) is 11.5 Å². The van der Waals surface area contributed by atoms with Gasteiger partial charge in [0.1, 0.15) is 18.1 Å². The summed E-state index contributed by atoms with van der Waals surface area (Å²) in [6.07, 6.45) is -4.71. The molecule has 1 aromatic carbocycles. The van der Waals surface area contributed by atoms with Crippen molar-refractivity contribution in [2.24, 2.45) is 0 Å². The fraction of sp³-hybridized carbons (Fsp3) is 0.455. The molecule has 0 saturated carbocycles. The van der Waals surface area contributed by atoms with Crippen molar-refractivity contribution in [3.8, 4) is 11.5 Å². The summed E-state index contributed by atoms with van der Waals surface area (Å²) in [7, 11) is 0. The van der Waals surface area contributed by atoms with Gasteiger partial charge < -0.3 is 14.2 Å². The summed E-state index contributed by atoms with van der Waals surface area (Å²) >= 11 is 2.99. The van der Waals surface area contributed by atoms with E-state index in [9.17, 15) is 13.2 Å². The second-order valence-electron chi connectivity index (χ2n) is 3.19. The van der Waals surface area contributed by atoms with Crippen molar-refractivity contribution in [1.82, 2.24) is 0 Å². The van der Waals surface area contributed by atoms with E-state index in [-0.39, 0.29) is 10.2 Å². The molecule has 0 spiro atoms. The number of alkyl halides is 3. The molecule has 0 saturated heterocycles. The molecule has 0 bridgehead atoms. The molecule has 3 nitrogen and oxygen atoms in total. The Bertz CT molecular complexity index is 382. The van der Waals surface area contributed by atoms with Crippen molar-refractivity contribution >= 4 is 15.9 Å². The molecule has 0 aliphatic heterocycles. The van der Waals surface area contributed by atoms with Crippen LogP contribution in [0, 0.1) is 0 Å². The topological polar surface area (TPSA) is 27.7 Å². The van der Waals surface area contributed by atoms with Crippen LogP contribution >= 0.6 is 15.9 Å². The van der Waals surface area contributed by atoms with Crippen molar-refractivity contribution in [3.63, 3.8) is 0 Å². The first-order chi connectivity index (χ1) is 8.42. The largest absolute Gasteiger partial charge is 0.573 e. The maximum Gasteiger partial charge on any atom is 0.573 e. The van der Waals surface area contributed by atoms with Crippen LogP contribution in [0.25, 0.3) is 0 Å². The predicted octanol–water partition coefficient (Wildman–Crippen LogP) is 3.76. The first-order valence-corrected chi connectivity index (χ1v) is 5.97. The van der Waals surface area contributed by atoms with Crippen LogP contribution in [0.3, 0.4) is 0 Å². The average molecular weight is 329 g/mol. The Labute approximate surface area is 111 Å². The Kier molecular flexibility index (Phi) is 5.74. The molecule has 0 N–H and O–H groups in total. The summed E-state index contributed by atoms with van der Waals surface area (Å²) in [5, 5.41) is 0. The van der Waals surface area contributed by atoms with Crippen LogP contribution in [-0.2, 0) is 4.74 Å². The highest BCUT2D eigenvalue weighted by molar-refractivity contribution is 9.10. The molecule has 0 amide bonds. The lowest BCUT2D eigenvalue weighted by Crippen LogP contribution is -2.17. The van der Waals surface area contributed by atoms with Gasteiger partial charge in [-0.2, -0.15) is 0 Å². The second kappa shape index (κ2) is 6.84. The quantitative estimate of drug-likeness (QED) is 0.744. The molecule has 18 heavy (non-hydrogen) atoms. The lowest BCUT2D eigenvalue weighted by Gasteiger charge is -2.12. The van der Waals surface area contributed by atoms with Crippen molar-refractivity contribution in [2.45, 2.75) is 13.3 Å². The first-order valence-electron chi connectivity index (χ1n) is 5.18. The van der Waals surface area contributed by atoms with Gasteiger partial charge in [-0.25, -0.2) is 0 Å². The van der Waals surface area contributed by atoms with Gasteiger partial charge in [0.05, 0.1) is 11.1 Å². The van der Waals surface area contributed by atoms with Gasteiger partial charge >= 0.3 is 6.36 Å². The Hall–Kier alpha value is -0.950. The molecule has 1 rings (SSSR count). The van der Waals surface area contributed by atoms with E-state index in [0.717, 1.165) is 0 Å². The molecule has 0 aromatic heterocycles. The fourth-order valence-corrected chi connectivity index (χ4v) is 1.58. The Morgan fingerprint density at radius 1 is 1.22 bits per heavy atom. The maximum absolute atomic E-state index is 12.0. The molecule has 0 fully saturated rings. The SMILES string of the molecule is CCOCCOc1ccc(OC(F)(F)F)c(Br)c1. The van der Waals surface area contributed by atoms with Gasteiger partial charge in [-0.05, 0) is 41.1 Å². The minimum absolute atomic E-state index is 0.175. The zero-order valence-electron chi connectivity index (χ0n) is 9.59. The zero-order valence-corrected chi connectivity index (χ0v) is 11.2. The molecule has 0 heterocycles. The molecular formula is C11H12BrF3O3. The number of hydrogen-bond donors (Lipinski definition) is 0. The smallest absolute Gasteiger partial charge is 0.491 e. The van der Waals surface area contributed by atoms with Crippen molar-refractivity contribution < 1.29 is 27.4 Å². The third-order valence-electron chi connectivity index (χ3n) is 1.83. The van der Waals surface area contributed by atoms with Crippen LogP contribution in [0.4, 0.5) is 13.2 Å². The number of halogens is 4. The highest BCUT2D eigenvalue weighted by Gasteiger charge is 2.31. The second-order valence-corrected chi connectivity index (χ2v) is 4.04. The fourth-order valence-electron chi connectivity index (χ4n) is 1.14. The Morgan fingerprint density at radius 2 is 1.94 bits per heavy atom. The summed E-state index contributed by atoms with van der Waals surface area (Å²) in [5.74, 6) is 0.135. The minimum atomic E-state index is -4.71. The van der Waals surface area contributed by atoms with Crippen LogP contribution < -0.4 is 9.47 Å². The highest BCUT2D eigenvalue weighted by atomic mass is 79.9. The average Bonchev–Trinajstić information content (AvgIpc) is 2.26. The lowest BCUT2D eigenvalue weighted by atomic mass is 10.3. The minimum Gasteiger partial charge on any atom is -0.491 e. The third kappa shape index (κ3) is 5.59. The van der Waals surface area contributed by atoms with E-state index in [1.165, 1.54) is 18.2 Å². The van der Waals surface area contributed by atoms with Gasteiger partial charge in [-0.3, -0.25) is 0 Å². The molecule has 7 heteroatoms. The molecular weight excluding hydrogens is 317 g/mol. The monoisotopic (exact) mass is 328 g/mol. The van der Waals surface area contributed by atoms with Crippen LogP contribution in [-0.4, -0.2) is 26.2 Å². The number of ether oxygens (including phenoxy) is 3. The molecule has 0 atom stereocenters. The van der Waals surface area contributed by atoms with Crippen molar-refractivity contribution in [1.29, 1.82) is 0 Å². The van der Waals surface area contributed by atoms with E-state index in [0.29, 0.717) is 25.6 Å². The zero-order chi connectivity index (χ0) is 13.6. The summed E-state index contributed by atoms with van der Waals surface area (Å²) in [4.78, 5) is 0. The Balaban J connectivity index is 2.56. The van der Waals surface area contributed by atoms with Crippen molar-refractivity contribution in [2.75, 3.05) is 19.8 Å². The van der Waals surface area contributed by atoms with Gasteiger partial charge in [0.2, 0.25) is 0 Å². The summed E-state index contributed by atoms with van der Waals surface area (Å²) < 4.78 is 50.4. The van der Waals surface area contributed by atoms with Crippen LogP contribution in [0.15, 0.2) is 22.7 Å². The van der Waals surface area contributed by atoms with Gasteiger partial charge in [0, 0.05) is 6.61 Å². The number of rotatable bonds is 6. The summed E-state index contributed by atoms with van der Waals surface area (Å²) in [6, 6.07) is 4.00. The van der Waals surface area contributed by atoms with Gasteiger partial charge in [-0.1, -0.05) is 0 Å². The normalized spacial score (nSPS) is 11.4. The van der Waals surface area contributed by atoms with Crippen LogP contribution in [0.1, 0.15) is 6.92 Å². The van der Waals surface area contributed by atoms with Crippen molar-refractivity contribution in [3.05, 3.63) is 22.7 Å². The molecule has 0 unspecified atom stereocenters. The number of hydrogen-bond acceptors (Lipinski definition) is 3. The Morgan fingerprint density at radius 3 is 2.50 bits per heavy atom. The molecule has 0 aliphatic rings. The summed E-state index contributed by atoms with van der Waals surface area (Å²) in [6.45, 7) is 3.21. The summed E-state index contributed by atoms with van der Waals surface area (Å²) in [5.41, 5.74) is 0. The predicted molar refractivity (Wildman–Crippen MR) is 62.8 cm³/mol. The third-order valence-corrected chi connectivity index (χ3v) is 2.45. The van der Waals surface area contributed by atoms with E-state index in [1.807, 2.05) is 6.92 Å². The van der Waals surface area contributed by atoms with E-state index in [1.54, 1.807) is 0 Å². The van der Waals surface area contributed by atoms with Crippen LogP contribution in [0.2, 0.25) is 0 Å². The molecule has 0 aliphatic carbocycles. The molecule has 1 aromatic rings. The first kappa shape index (κ1) is 15.1. The van der Waals surface area contributed by atoms with Gasteiger partial charge in [0.15, 0.2) is 0 Å². The van der Waals surface area contributed by atoms with E-state index in [4.69, 9.17) is 9.47 Å². The number of benzene rings is 1. The maximum atomic E-state index is 12.0. The standard InChI is InChI=1S/C11H12BrF3O3/c1-2-16-5-6-17-8-3-4-10(9(12)7-8)18-11(13,14)15/h3-4,7H,2,5-6H2,1H3. The molecule has 0 radical (unpaired) electrons. The van der Waals surface area contributed by atoms with E-state index in [2.05, 4.69) is 20.7 Å². The van der Waals surface area contributed by atoms with Gasteiger partial charge in [-0.15, -0.1) is 13.2 Å². The van der Waals surface area contributed by atoms with E-state index >= 15 is 0 Å². The molecule has 102 valence electrons. The van der Waals surface area contributed by atoms with Gasteiger partial charge in [0.25, 0.3) is 0 Å². The van der Waals surface area contributed by atoms with E-state index < -0.39 is 6.36 Å². The lowest BCUT2D eigenvalue weighted by molar-refractivity contribution is -0.274. The highest BCUT2D eigenvalue weighted by Crippen LogP contribution is 2.33.